The molecule has 8 heteroatoms. The third kappa shape index (κ3) is 17.2. The molecular weight excluding hydrogens is 830 g/mol. The van der Waals surface area contributed by atoms with Gasteiger partial charge in [0.2, 0.25) is 0 Å². The van der Waals surface area contributed by atoms with Gasteiger partial charge in [-0.1, -0.05) is 256 Å². The van der Waals surface area contributed by atoms with Crippen LogP contribution in [0.5, 0.6) is 0 Å². The largest absolute Gasteiger partial charge is 2.00 e. The van der Waals surface area contributed by atoms with Crippen LogP contribution in [-0.4, -0.2) is 41.0 Å². The van der Waals surface area contributed by atoms with Gasteiger partial charge in [-0.15, -0.1) is 0 Å². The summed E-state index contributed by atoms with van der Waals surface area (Å²) in [4.78, 5) is 0. The molecule has 0 aliphatic heterocycles. The Morgan fingerprint density at radius 3 is 1.02 bits per heavy atom. The van der Waals surface area contributed by atoms with Crippen LogP contribution in [0.4, 0.5) is 0 Å². The van der Waals surface area contributed by atoms with E-state index in [0.717, 1.165) is 0 Å². The van der Waals surface area contributed by atoms with Gasteiger partial charge in [0.25, 0.3) is 0 Å². The van der Waals surface area contributed by atoms with E-state index in [1.54, 1.807) is 0 Å². The summed E-state index contributed by atoms with van der Waals surface area (Å²) in [6, 6.07) is 46.0. The number of benzene rings is 4. The molecule has 270 valence electrons. The van der Waals surface area contributed by atoms with Crippen LogP contribution in [0.15, 0.2) is 121 Å². The summed E-state index contributed by atoms with van der Waals surface area (Å²) in [5.74, 6) is 0. The average Bonchev–Trinajstić information content (AvgIpc) is 3.41. The summed E-state index contributed by atoms with van der Waals surface area (Å²) >= 11 is 0. The van der Waals surface area contributed by atoms with E-state index in [1.807, 2.05) is 0 Å². The van der Waals surface area contributed by atoms with Crippen molar-refractivity contribution >= 4 is 47.1 Å². The predicted molar refractivity (Wildman–Crippen MR) is 235 cm³/mol. The SMILES string of the molecule is C1=CC([Si](Cc2ccccc2)(Cc2ccccc2)Cc2ccccc2)c2ccccc21.C[Si](C)(C)[N-][Si](C)(C)C.C[Si](C)(C)[N-][Si](C)(C)C.[Gd+2]. The molecule has 50 heavy (non-hydrogen) atoms. The van der Waals surface area contributed by atoms with Crippen molar-refractivity contribution in [2.45, 2.75) is 102 Å². The molecule has 0 radical (unpaired) electrons. The van der Waals surface area contributed by atoms with Crippen molar-refractivity contribution in [3.63, 3.8) is 0 Å². The molecule has 0 heterocycles. The Morgan fingerprint density at radius 1 is 0.420 bits per heavy atom. The van der Waals surface area contributed by atoms with Gasteiger partial charge in [-0.25, -0.2) is 0 Å². The molecule has 0 saturated carbocycles. The standard InChI is InChI=1S/C30H28Si.2C6H18NSi2.Gd/c1-4-12-25(13-5-1)22-31(23-26-14-6-2-7-15-26,24-27-16-8-3-9-17-27)30-21-20-28-18-10-11-19-29(28)30;2*1-8(2,3)7-9(4,5)6;/h1-21,30H,22-24H2;2*1-6H3;/q;2*-1;+2. The summed E-state index contributed by atoms with van der Waals surface area (Å²) in [5.41, 5.74) is 7.86. The van der Waals surface area contributed by atoms with Crippen LogP contribution in [0, 0.1) is 39.9 Å². The van der Waals surface area contributed by atoms with E-state index in [-0.39, 0.29) is 39.9 Å². The van der Waals surface area contributed by atoms with E-state index < -0.39 is 41.0 Å². The zero-order valence-electron chi connectivity index (χ0n) is 33.1. The maximum absolute atomic E-state index is 4.82. The molecule has 2 nitrogen and oxygen atoms in total. The fourth-order valence-electron chi connectivity index (χ4n) is 7.32. The summed E-state index contributed by atoms with van der Waals surface area (Å²) < 4.78 is 9.64. The van der Waals surface area contributed by atoms with Gasteiger partial charge in [0, 0.05) is 0 Å². The third-order valence-electron chi connectivity index (χ3n) is 8.00. The smallest absolute Gasteiger partial charge is 0.668 e. The Kier molecular flexibility index (Phi) is 17.9. The van der Waals surface area contributed by atoms with Crippen LogP contribution in [0.1, 0.15) is 33.4 Å². The first kappa shape index (κ1) is 45.1. The third-order valence-corrected chi connectivity index (χ3v) is 23.9. The molecule has 0 saturated heterocycles. The Labute approximate surface area is 344 Å². The van der Waals surface area contributed by atoms with Crippen molar-refractivity contribution in [2.24, 2.45) is 0 Å². The Balaban J connectivity index is 0.000000379. The number of fused-ring (bicyclic) bond motifs is 1. The number of allylic oxidation sites excluding steroid dienone is 1. The summed E-state index contributed by atoms with van der Waals surface area (Å²) in [7, 11) is -6.35. The molecule has 0 N–H and O–H groups in total. The average molecular weight is 895 g/mol. The van der Waals surface area contributed by atoms with E-state index in [9.17, 15) is 0 Å². The van der Waals surface area contributed by atoms with Gasteiger partial charge in [-0.05, 0) is 34.8 Å². The molecule has 0 fully saturated rings. The number of rotatable bonds is 11. The molecule has 4 aromatic rings. The van der Waals surface area contributed by atoms with Crippen LogP contribution in [0.2, 0.25) is 78.6 Å². The van der Waals surface area contributed by atoms with Crippen molar-refractivity contribution in [3.8, 4) is 0 Å². The Hall–Kier alpha value is -1.05. The van der Waals surface area contributed by atoms with E-state index >= 15 is 0 Å². The van der Waals surface area contributed by atoms with Crippen molar-refractivity contribution in [2.75, 3.05) is 0 Å². The second-order valence-corrected chi connectivity index (χ2v) is 41.3. The van der Waals surface area contributed by atoms with Crippen LogP contribution in [-0.2, 0) is 18.1 Å². The number of hydrogen-bond acceptors (Lipinski definition) is 0. The molecule has 1 aliphatic carbocycles. The van der Waals surface area contributed by atoms with E-state index in [4.69, 9.17) is 9.30 Å². The second kappa shape index (κ2) is 19.9. The summed E-state index contributed by atoms with van der Waals surface area (Å²) in [6.45, 7) is 27.6. The van der Waals surface area contributed by atoms with Crippen molar-refractivity contribution in [1.82, 2.24) is 0 Å². The van der Waals surface area contributed by atoms with Gasteiger partial charge < -0.3 is 9.30 Å². The molecule has 4 aromatic carbocycles. The van der Waals surface area contributed by atoms with Crippen LogP contribution >= 0.6 is 0 Å². The minimum Gasteiger partial charge on any atom is -0.668 e. The minimum absolute atomic E-state index is 0. The maximum Gasteiger partial charge on any atom is 2.00 e. The zero-order chi connectivity index (χ0) is 36.3. The first-order chi connectivity index (χ1) is 22.7. The fraction of sp³-hybridized carbons (Fsp3) is 0.381. The molecule has 1 atom stereocenters. The predicted octanol–water partition coefficient (Wildman–Crippen LogP) is 13.2. The number of hydrogen-bond donors (Lipinski definition) is 0. The first-order valence-electron chi connectivity index (χ1n) is 18.1. The topological polar surface area (TPSA) is 28.2 Å². The molecule has 0 spiro atoms. The Bertz CT molecular complexity index is 1420. The first-order valence-corrected chi connectivity index (χ1v) is 34.6. The molecule has 5 rings (SSSR count). The van der Waals surface area contributed by atoms with Gasteiger partial charge in [0.05, 0.1) is 8.07 Å². The molecule has 1 aliphatic rings. The zero-order valence-corrected chi connectivity index (χ0v) is 40.3. The van der Waals surface area contributed by atoms with Gasteiger partial charge in [0.1, 0.15) is 0 Å². The van der Waals surface area contributed by atoms with Crippen LogP contribution in [0.3, 0.4) is 0 Å². The summed E-state index contributed by atoms with van der Waals surface area (Å²) in [6.07, 6.45) is 4.88. The Morgan fingerprint density at radius 2 is 0.720 bits per heavy atom. The van der Waals surface area contributed by atoms with Crippen molar-refractivity contribution in [3.05, 3.63) is 158 Å². The fourth-order valence-corrected chi connectivity index (χ4v) is 29.0. The molecule has 0 bridgehead atoms. The van der Waals surface area contributed by atoms with E-state index in [2.05, 4.69) is 206 Å². The van der Waals surface area contributed by atoms with Crippen molar-refractivity contribution < 1.29 is 39.9 Å². The van der Waals surface area contributed by atoms with E-state index in [1.165, 1.54) is 45.9 Å². The maximum atomic E-state index is 4.82. The van der Waals surface area contributed by atoms with Crippen LogP contribution in [0.25, 0.3) is 15.4 Å². The van der Waals surface area contributed by atoms with Gasteiger partial charge in [-0.2, -0.15) is 0 Å². The van der Waals surface area contributed by atoms with Crippen LogP contribution < -0.4 is 0 Å². The van der Waals surface area contributed by atoms with Gasteiger partial charge in [0.15, 0.2) is 0 Å². The minimum atomic E-state index is -1.92. The number of nitrogens with zero attached hydrogens (tertiary/aromatic N) is 2. The second-order valence-electron chi connectivity index (χ2n) is 17.7. The monoisotopic (exact) mass is 894 g/mol. The molecular formula is C42H64GdN2Si5. The van der Waals surface area contributed by atoms with E-state index in [0.29, 0.717) is 5.54 Å². The summed E-state index contributed by atoms with van der Waals surface area (Å²) in [5, 5.41) is 0. The molecule has 0 aromatic heterocycles. The molecule has 1 unspecified atom stereocenters. The van der Waals surface area contributed by atoms with Gasteiger partial charge >= 0.3 is 39.9 Å². The normalized spacial score (nSPS) is 14.4. The molecule has 0 amide bonds. The van der Waals surface area contributed by atoms with Crippen molar-refractivity contribution in [1.29, 1.82) is 0 Å². The quantitative estimate of drug-likeness (QED) is 0.134. The van der Waals surface area contributed by atoms with Gasteiger partial charge in [-0.3, -0.25) is 0 Å².